The van der Waals surface area contributed by atoms with Crippen molar-refractivity contribution in [3.8, 4) is 0 Å². The topological polar surface area (TPSA) is 452 Å². The summed E-state index contributed by atoms with van der Waals surface area (Å²) in [5, 5.41) is 17.5. The van der Waals surface area contributed by atoms with E-state index in [1.807, 2.05) is 0 Å². The zero-order chi connectivity index (χ0) is 69.4. The number of nitrogens with zero attached hydrogens (tertiary/aromatic N) is 16. The van der Waals surface area contributed by atoms with E-state index in [0.717, 1.165) is 90.7 Å². The summed E-state index contributed by atoms with van der Waals surface area (Å²) >= 11 is 0. The van der Waals surface area contributed by atoms with Gasteiger partial charge in [0.1, 0.15) is 9.81 Å². The molecule has 2 aliphatic carbocycles. The Morgan fingerprint density at radius 1 is 0.424 bits per heavy atom. The number of nitrogens with one attached hydrogen (secondary N) is 5. The summed E-state index contributed by atoms with van der Waals surface area (Å²) in [6.45, 7) is 17.1. The number of carbonyl (C=O) groups excluding carboxylic acids is 3. The summed E-state index contributed by atoms with van der Waals surface area (Å²) in [4.78, 5) is 86.6. The number of allylic oxidation sites excluding steroid dienone is 2. The molecule has 99 heavy (non-hydrogen) atoms. The molecule has 0 saturated carbocycles. The van der Waals surface area contributed by atoms with Gasteiger partial charge in [0.2, 0.25) is 47.3 Å². The van der Waals surface area contributed by atoms with E-state index >= 15 is 0 Å². The molecule has 4 saturated heterocycles. The normalized spacial score (nSPS) is 18.4. The lowest BCUT2D eigenvalue weighted by Gasteiger charge is -2.36. The number of hydrazone groups is 2. The molecule has 34 nitrogen and oxygen atoms in total. The summed E-state index contributed by atoms with van der Waals surface area (Å²) in [6, 6.07) is 21.3. The molecule has 4 aliphatic heterocycles. The molecule has 6 aromatic rings. The van der Waals surface area contributed by atoms with Crippen molar-refractivity contribution in [2.75, 3.05) is 203 Å². The van der Waals surface area contributed by atoms with Gasteiger partial charge in [-0.15, -0.1) is 0 Å². The van der Waals surface area contributed by atoms with Crippen molar-refractivity contribution in [1.29, 1.82) is 0 Å². The Kier molecular flexibility index (Phi) is 21.5. The monoisotopic (exact) mass is 1390 g/mol. The number of hydrogen-bond acceptors (Lipinski definition) is 31. The minimum Gasteiger partial charge on any atom is -0.338 e. The standard InChI is InChI=1S/C63H79N25O9S2/c64-13-17-81-21-29-85(30-22-81)60-71-58(72-61(75-60)86-31-23-82(18-14-65)24-32-86)69-47-9-11-49-42(37-47)39-51(98(92,93)94)53(55(49)89)79-77-45-3-1-41(2-4-45)57(91)68-44-5-7-46(8-6-44)78-80-54-52(99(95,96)97)40-43-38-48(10-12-50(43)56(54)90)70-59-73-62(87-33-25-83(19-15-66)26-34-87)76-63(74-59)88-35-27-84(20-16-67)28-36-88/h1-12,37-40,77-78H,13-36,64-67H2,(H,68,91)(H,92,93,94)(H,95,96,97)(H,69,71,72,75)(H,70,73,74,76). The maximum atomic E-state index is 14.0. The fourth-order valence-electron chi connectivity index (χ4n) is 12.3. The highest BCUT2D eigenvalue weighted by atomic mass is 32.2. The molecule has 1 amide bonds. The van der Waals surface area contributed by atoms with Crippen LogP contribution in [0, 0.1) is 0 Å². The molecule has 15 N–H and O–H groups in total. The van der Waals surface area contributed by atoms with E-state index in [1.54, 1.807) is 24.3 Å². The van der Waals surface area contributed by atoms with E-state index in [4.69, 9.17) is 52.8 Å². The highest BCUT2D eigenvalue weighted by Gasteiger charge is 2.36. The summed E-state index contributed by atoms with van der Waals surface area (Å²) in [5.41, 5.74) is 30.0. The number of carbonyl (C=O) groups is 3. The third kappa shape index (κ3) is 16.8. The molecule has 4 aromatic carbocycles. The maximum absolute atomic E-state index is 14.0. The summed E-state index contributed by atoms with van der Waals surface area (Å²) < 4.78 is 72.5. The molecule has 6 heterocycles. The number of rotatable bonds is 24. The first-order valence-corrected chi connectivity index (χ1v) is 35.4. The Balaban J connectivity index is 0.682. The van der Waals surface area contributed by atoms with Crippen LogP contribution in [0.15, 0.2) is 105 Å². The van der Waals surface area contributed by atoms with Crippen molar-refractivity contribution in [3.63, 3.8) is 0 Å². The molecule has 0 atom stereocenters. The van der Waals surface area contributed by atoms with E-state index in [-0.39, 0.29) is 51.1 Å². The molecule has 0 radical (unpaired) electrons. The minimum atomic E-state index is -5.01. The van der Waals surface area contributed by atoms with Gasteiger partial charge in [0.25, 0.3) is 26.1 Å². The number of fused-ring (bicyclic) bond motifs is 2. The number of amides is 1. The molecule has 4 fully saturated rings. The minimum absolute atomic E-state index is 0.105. The van der Waals surface area contributed by atoms with Crippen LogP contribution in [0.3, 0.4) is 0 Å². The number of benzene rings is 4. The van der Waals surface area contributed by atoms with Crippen molar-refractivity contribution >= 4 is 125 Å². The van der Waals surface area contributed by atoms with Crippen LogP contribution < -0.4 is 69.3 Å². The predicted octanol–water partition coefficient (Wildman–Crippen LogP) is 0.905. The first-order valence-electron chi connectivity index (χ1n) is 32.5. The molecule has 2 aromatic heterocycles. The summed E-state index contributed by atoms with van der Waals surface area (Å²) in [5.74, 6) is 0.336. The van der Waals surface area contributed by atoms with Crippen LogP contribution in [-0.2, 0) is 20.2 Å². The molecular weight excluding hydrogens is 1310 g/mol. The lowest BCUT2D eigenvalue weighted by Crippen LogP contribution is -2.49. The summed E-state index contributed by atoms with van der Waals surface area (Å²) in [6.07, 6.45) is 2.31. The lowest BCUT2D eigenvalue weighted by atomic mass is 9.94. The van der Waals surface area contributed by atoms with E-state index in [0.29, 0.717) is 119 Å². The number of ketones is 2. The van der Waals surface area contributed by atoms with Crippen molar-refractivity contribution in [2.24, 2.45) is 33.1 Å². The van der Waals surface area contributed by atoms with Gasteiger partial charge in [-0.1, -0.05) is 0 Å². The predicted molar refractivity (Wildman–Crippen MR) is 381 cm³/mol. The first kappa shape index (κ1) is 69.3. The van der Waals surface area contributed by atoms with Crippen molar-refractivity contribution < 1.29 is 40.3 Å². The van der Waals surface area contributed by atoms with Crippen molar-refractivity contribution in [1.82, 2.24) is 49.5 Å². The number of Topliss-reactive ketones (excluding diaryl/α,β-unsaturated/α-hetero) is 2. The van der Waals surface area contributed by atoms with Gasteiger partial charge < -0.3 is 58.5 Å². The second kappa shape index (κ2) is 30.7. The third-order valence-electron chi connectivity index (χ3n) is 17.6. The zero-order valence-corrected chi connectivity index (χ0v) is 55.9. The van der Waals surface area contributed by atoms with Gasteiger partial charge in [-0.2, -0.15) is 56.9 Å². The van der Waals surface area contributed by atoms with Crippen LogP contribution in [0.5, 0.6) is 0 Å². The van der Waals surface area contributed by atoms with Gasteiger partial charge in [0.15, 0.2) is 11.4 Å². The largest absolute Gasteiger partial charge is 0.338 e. The molecule has 6 aliphatic rings. The van der Waals surface area contributed by atoms with E-state index < -0.39 is 58.9 Å². The lowest BCUT2D eigenvalue weighted by molar-refractivity contribution is 0.102. The molecular formula is C63H79N25O9S2. The van der Waals surface area contributed by atoms with Gasteiger partial charge in [0, 0.05) is 191 Å². The molecule has 12 rings (SSSR count). The number of anilines is 11. The van der Waals surface area contributed by atoms with Crippen LogP contribution in [0.1, 0.15) is 42.2 Å². The Bertz CT molecular complexity index is 4250. The van der Waals surface area contributed by atoms with Gasteiger partial charge in [-0.05, 0) is 108 Å². The molecule has 0 unspecified atom stereocenters. The number of piperazine rings is 4. The molecule has 0 bridgehead atoms. The number of nitrogens with two attached hydrogens (primary N) is 4. The van der Waals surface area contributed by atoms with Gasteiger partial charge in [0.05, 0.1) is 11.4 Å². The van der Waals surface area contributed by atoms with E-state index in [9.17, 15) is 40.3 Å². The number of hydrogen-bond donors (Lipinski definition) is 11. The fourth-order valence-corrected chi connectivity index (χ4v) is 13.6. The van der Waals surface area contributed by atoms with Crippen LogP contribution >= 0.6 is 0 Å². The average Bonchev–Trinajstić information content (AvgIpc) is 0.775. The molecule has 522 valence electrons. The first-order chi connectivity index (χ1) is 47.8. The van der Waals surface area contributed by atoms with Gasteiger partial charge >= 0.3 is 0 Å². The van der Waals surface area contributed by atoms with Gasteiger partial charge in [-0.3, -0.25) is 53.9 Å². The van der Waals surface area contributed by atoms with Crippen molar-refractivity contribution in [3.05, 3.63) is 123 Å². The quantitative estimate of drug-likeness (QED) is 0.0296. The second-order valence-corrected chi connectivity index (χ2v) is 27.0. The highest BCUT2D eigenvalue weighted by molar-refractivity contribution is 7.91. The van der Waals surface area contributed by atoms with Crippen LogP contribution in [0.25, 0.3) is 12.2 Å². The SMILES string of the molecule is NCCN1CCN(c2nc(Nc3ccc4c(c3)C=C(S(=O)(=O)O)C(=NNc3ccc(NC(=O)c5ccc(NN=C6C(=O)c7ccc(Nc8nc(N9CCN(CCN)CC9)nc(N9CCN(CCN)CC9)n8)cc7C=C6S(=O)(=O)O)cc5)cc3)C4=O)nc(N3CCN(CCN)CC3)n2)CC1. The second-order valence-electron chi connectivity index (χ2n) is 24.2. The Morgan fingerprint density at radius 3 is 1.04 bits per heavy atom. The number of aromatic nitrogens is 6. The molecule has 0 spiro atoms. The Hall–Kier alpha value is -9.57. The van der Waals surface area contributed by atoms with Gasteiger partial charge in [-0.25, -0.2) is 0 Å². The Labute approximate surface area is 571 Å². The fraction of sp³-hybridized carbons (Fsp3) is 0.381. The smallest absolute Gasteiger partial charge is 0.296 e. The third-order valence-corrected chi connectivity index (χ3v) is 19.4. The van der Waals surface area contributed by atoms with Crippen molar-refractivity contribution in [2.45, 2.75) is 0 Å². The Morgan fingerprint density at radius 2 is 0.727 bits per heavy atom. The van der Waals surface area contributed by atoms with E-state index in [2.05, 4.69) is 76.2 Å². The maximum Gasteiger partial charge on any atom is 0.296 e. The average molecular weight is 1390 g/mol. The molecule has 36 heteroatoms. The summed E-state index contributed by atoms with van der Waals surface area (Å²) in [7, 11) is -10.0. The van der Waals surface area contributed by atoms with E-state index in [1.165, 1.54) is 60.7 Å². The van der Waals surface area contributed by atoms with Crippen LogP contribution in [-0.4, -0.2) is 261 Å². The van der Waals surface area contributed by atoms with Crippen LogP contribution in [0.4, 0.5) is 64.1 Å². The zero-order valence-electron chi connectivity index (χ0n) is 54.2. The highest BCUT2D eigenvalue weighted by Crippen LogP contribution is 2.33. The van der Waals surface area contributed by atoms with Crippen LogP contribution in [0.2, 0.25) is 0 Å².